The number of nitrogens with two attached hydrogens (primary N) is 1. The van der Waals surface area contributed by atoms with Gasteiger partial charge in [0.05, 0.1) is 4.92 Å². The summed E-state index contributed by atoms with van der Waals surface area (Å²) < 4.78 is 0. The Morgan fingerprint density at radius 1 is 1.64 bits per heavy atom. The van der Waals surface area contributed by atoms with Crippen LogP contribution in [0, 0.1) is 10.1 Å². The zero-order chi connectivity index (χ0) is 10.7. The third kappa shape index (κ3) is 1.75. The van der Waals surface area contributed by atoms with E-state index in [-0.39, 0.29) is 17.2 Å². The molecule has 74 valence electrons. The standard InChI is InChI=1S/C6H6N4O4/c7-9-5-4(10(13)14)2-1-3(8-5)6(11)12/h1-2H,7H2,(H,8,9)(H,11,12). The number of carboxylic acids is 1. The van der Waals surface area contributed by atoms with Crippen LogP contribution in [0.5, 0.6) is 0 Å². The van der Waals surface area contributed by atoms with E-state index in [0.29, 0.717) is 0 Å². The number of hydrogen-bond donors (Lipinski definition) is 3. The lowest BCUT2D eigenvalue weighted by Gasteiger charge is -2.01. The van der Waals surface area contributed by atoms with E-state index in [4.69, 9.17) is 10.9 Å². The first-order valence-electron chi connectivity index (χ1n) is 3.41. The molecule has 1 aromatic heterocycles. The van der Waals surface area contributed by atoms with Gasteiger partial charge in [0.1, 0.15) is 0 Å². The van der Waals surface area contributed by atoms with Gasteiger partial charge >= 0.3 is 11.7 Å². The van der Waals surface area contributed by atoms with E-state index in [1.807, 2.05) is 5.43 Å². The maximum atomic E-state index is 10.4. The number of nitrogen functional groups attached to an aromatic ring is 1. The van der Waals surface area contributed by atoms with E-state index in [1.54, 1.807) is 0 Å². The minimum absolute atomic E-state index is 0.282. The number of aromatic carboxylic acids is 1. The van der Waals surface area contributed by atoms with Crippen molar-refractivity contribution in [1.29, 1.82) is 0 Å². The molecule has 8 heteroatoms. The van der Waals surface area contributed by atoms with Gasteiger partial charge in [-0.25, -0.2) is 15.6 Å². The minimum Gasteiger partial charge on any atom is -0.477 e. The number of hydrogen-bond acceptors (Lipinski definition) is 6. The summed E-state index contributed by atoms with van der Waals surface area (Å²) in [6, 6.07) is 2.05. The van der Waals surface area contributed by atoms with Crippen LogP contribution in [0.15, 0.2) is 12.1 Å². The topological polar surface area (TPSA) is 131 Å². The molecule has 0 fully saturated rings. The predicted molar refractivity (Wildman–Crippen MR) is 45.7 cm³/mol. The average molecular weight is 198 g/mol. The largest absolute Gasteiger partial charge is 0.477 e. The summed E-state index contributed by atoms with van der Waals surface area (Å²) in [5.74, 6) is 3.38. The number of carbonyl (C=O) groups is 1. The first kappa shape index (κ1) is 9.86. The number of pyridine rings is 1. The molecule has 0 aliphatic carbocycles. The zero-order valence-corrected chi connectivity index (χ0v) is 6.80. The van der Waals surface area contributed by atoms with Crippen molar-refractivity contribution in [2.75, 3.05) is 5.43 Å². The highest BCUT2D eigenvalue weighted by Gasteiger charge is 2.17. The van der Waals surface area contributed by atoms with Crippen LogP contribution in [0.1, 0.15) is 10.5 Å². The molecule has 1 aromatic rings. The Morgan fingerprint density at radius 2 is 2.29 bits per heavy atom. The van der Waals surface area contributed by atoms with Crippen LogP contribution in [0.25, 0.3) is 0 Å². The number of aromatic nitrogens is 1. The molecule has 1 rings (SSSR count). The Hall–Kier alpha value is -2.22. The quantitative estimate of drug-likeness (QED) is 0.353. The lowest BCUT2D eigenvalue weighted by molar-refractivity contribution is -0.384. The monoisotopic (exact) mass is 198 g/mol. The highest BCUT2D eigenvalue weighted by molar-refractivity contribution is 5.86. The molecule has 0 unspecified atom stereocenters. The van der Waals surface area contributed by atoms with Crippen LogP contribution in [0.3, 0.4) is 0 Å². The molecular weight excluding hydrogens is 192 g/mol. The summed E-state index contributed by atoms with van der Waals surface area (Å²) in [6.07, 6.45) is 0. The second kappa shape index (κ2) is 3.66. The van der Waals surface area contributed by atoms with Gasteiger partial charge in [0.2, 0.25) is 5.82 Å². The second-order valence-electron chi connectivity index (χ2n) is 2.27. The predicted octanol–water partition coefficient (Wildman–Crippen LogP) is -0.0264. The van der Waals surface area contributed by atoms with Gasteiger partial charge in [-0.2, -0.15) is 0 Å². The fourth-order valence-electron chi connectivity index (χ4n) is 0.824. The molecule has 8 nitrogen and oxygen atoms in total. The molecule has 1 heterocycles. The van der Waals surface area contributed by atoms with Crippen molar-refractivity contribution in [2.45, 2.75) is 0 Å². The molecule has 0 aromatic carbocycles. The summed E-state index contributed by atoms with van der Waals surface area (Å²) in [4.78, 5) is 23.6. The summed E-state index contributed by atoms with van der Waals surface area (Å²) in [5, 5.41) is 18.9. The van der Waals surface area contributed by atoms with E-state index < -0.39 is 10.9 Å². The fourth-order valence-corrected chi connectivity index (χ4v) is 0.824. The van der Waals surface area contributed by atoms with Gasteiger partial charge < -0.3 is 10.5 Å². The van der Waals surface area contributed by atoms with Crippen molar-refractivity contribution in [3.8, 4) is 0 Å². The third-order valence-corrected chi connectivity index (χ3v) is 1.43. The summed E-state index contributed by atoms with van der Waals surface area (Å²) in [5.41, 5.74) is 1.26. The first-order valence-corrected chi connectivity index (χ1v) is 3.41. The first-order chi connectivity index (χ1) is 6.56. The molecule has 0 bridgehead atoms. The van der Waals surface area contributed by atoms with Gasteiger partial charge in [-0.15, -0.1) is 0 Å². The highest BCUT2D eigenvalue weighted by atomic mass is 16.6. The molecule has 14 heavy (non-hydrogen) atoms. The van der Waals surface area contributed by atoms with Crippen molar-refractivity contribution >= 4 is 17.5 Å². The van der Waals surface area contributed by atoms with Gasteiger partial charge in [-0.05, 0) is 6.07 Å². The van der Waals surface area contributed by atoms with Crippen LogP contribution in [-0.2, 0) is 0 Å². The third-order valence-electron chi connectivity index (χ3n) is 1.43. The van der Waals surface area contributed by atoms with Crippen molar-refractivity contribution in [3.63, 3.8) is 0 Å². The Morgan fingerprint density at radius 3 is 2.71 bits per heavy atom. The Labute approximate surface area is 77.5 Å². The van der Waals surface area contributed by atoms with Crippen LogP contribution >= 0.6 is 0 Å². The van der Waals surface area contributed by atoms with Crippen LogP contribution in [-0.4, -0.2) is 21.0 Å². The second-order valence-corrected chi connectivity index (χ2v) is 2.27. The number of hydrazine groups is 1. The maximum absolute atomic E-state index is 10.4. The van der Waals surface area contributed by atoms with Crippen LogP contribution in [0.2, 0.25) is 0 Å². The van der Waals surface area contributed by atoms with Gasteiger partial charge in [-0.3, -0.25) is 10.1 Å². The van der Waals surface area contributed by atoms with Crippen molar-refractivity contribution < 1.29 is 14.8 Å². The van der Waals surface area contributed by atoms with Crippen LogP contribution < -0.4 is 11.3 Å². The Bertz CT molecular complexity index is 391. The number of rotatable bonds is 3. The van der Waals surface area contributed by atoms with Crippen molar-refractivity contribution in [2.24, 2.45) is 5.84 Å². The molecule has 0 aliphatic heterocycles. The van der Waals surface area contributed by atoms with Gasteiger partial charge in [0.25, 0.3) is 0 Å². The van der Waals surface area contributed by atoms with E-state index in [1.165, 1.54) is 0 Å². The Kier molecular flexibility index (Phi) is 2.58. The highest BCUT2D eigenvalue weighted by Crippen LogP contribution is 2.20. The summed E-state index contributed by atoms with van der Waals surface area (Å²) >= 11 is 0. The van der Waals surface area contributed by atoms with Crippen molar-refractivity contribution in [1.82, 2.24) is 4.98 Å². The molecular formula is C6H6N4O4. The van der Waals surface area contributed by atoms with E-state index in [0.717, 1.165) is 12.1 Å². The number of nitro groups is 1. The fraction of sp³-hybridized carbons (Fsp3) is 0. The SMILES string of the molecule is NNc1nc(C(=O)O)ccc1[N+](=O)[O-]. The van der Waals surface area contributed by atoms with Gasteiger partial charge in [0.15, 0.2) is 5.69 Å². The molecule has 0 radical (unpaired) electrons. The number of carboxylic acid groups (broad SMARTS) is 1. The van der Waals surface area contributed by atoms with Gasteiger partial charge in [0, 0.05) is 6.07 Å². The number of nitrogens with zero attached hydrogens (tertiary/aromatic N) is 2. The smallest absolute Gasteiger partial charge is 0.354 e. The lowest BCUT2D eigenvalue weighted by Crippen LogP contribution is -2.13. The molecule has 4 N–H and O–H groups in total. The lowest BCUT2D eigenvalue weighted by atomic mass is 10.3. The average Bonchev–Trinajstić information content (AvgIpc) is 2.16. The maximum Gasteiger partial charge on any atom is 0.354 e. The normalized spacial score (nSPS) is 9.50. The Balaban J connectivity index is 3.25. The zero-order valence-electron chi connectivity index (χ0n) is 6.80. The molecule has 0 saturated carbocycles. The summed E-state index contributed by atoms with van der Waals surface area (Å²) in [7, 11) is 0. The van der Waals surface area contributed by atoms with E-state index in [2.05, 4.69) is 4.98 Å². The molecule has 0 atom stereocenters. The molecule has 0 spiro atoms. The number of anilines is 1. The van der Waals surface area contributed by atoms with E-state index >= 15 is 0 Å². The molecule has 0 aliphatic rings. The summed E-state index contributed by atoms with van der Waals surface area (Å²) in [6.45, 7) is 0. The number of nitrogens with one attached hydrogen (secondary N) is 1. The molecule has 0 amide bonds. The van der Waals surface area contributed by atoms with Crippen LogP contribution in [0.4, 0.5) is 11.5 Å². The van der Waals surface area contributed by atoms with Gasteiger partial charge in [-0.1, -0.05) is 0 Å². The van der Waals surface area contributed by atoms with Crippen molar-refractivity contribution in [3.05, 3.63) is 27.9 Å². The minimum atomic E-state index is -1.28. The van der Waals surface area contributed by atoms with E-state index in [9.17, 15) is 14.9 Å². The molecule has 0 saturated heterocycles.